The van der Waals surface area contributed by atoms with E-state index in [1.54, 1.807) is 4.68 Å². The number of nitrogens with one attached hydrogen (secondary N) is 1. The minimum atomic E-state index is 0.323. The zero-order valence-corrected chi connectivity index (χ0v) is 14.0. The van der Waals surface area contributed by atoms with Gasteiger partial charge in [0.2, 0.25) is 0 Å². The Hall–Kier alpha value is -3.67. The van der Waals surface area contributed by atoms with E-state index >= 15 is 0 Å². The molecule has 0 radical (unpaired) electrons. The zero-order valence-electron chi connectivity index (χ0n) is 14.0. The third-order valence-corrected chi connectivity index (χ3v) is 3.82. The molecule has 128 valence electrons. The van der Waals surface area contributed by atoms with E-state index in [0.717, 1.165) is 16.9 Å². The van der Waals surface area contributed by atoms with Gasteiger partial charge in [0, 0.05) is 12.2 Å². The molecule has 0 bridgehead atoms. The second-order valence-electron chi connectivity index (χ2n) is 5.68. The molecule has 0 spiro atoms. The molecule has 0 aliphatic rings. The van der Waals surface area contributed by atoms with E-state index in [2.05, 4.69) is 20.8 Å². The molecule has 0 saturated carbocycles. The Morgan fingerprint density at radius 2 is 1.62 bits per heavy atom. The Bertz CT molecular complexity index is 970. The number of anilines is 1. The van der Waals surface area contributed by atoms with Gasteiger partial charge in [-0.1, -0.05) is 53.6 Å². The number of aromatic nitrogens is 4. The van der Waals surface area contributed by atoms with Crippen LogP contribution in [0.15, 0.2) is 84.9 Å². The first-order valence-electron chi connectivity index (χ1n) is 8.28. The summed E-state index contributed by atoms with van der Waals surface area (Å²) in [4.78, 5) is 0. The van der Waals surface area contributed by atoms with Crippen molar-refractivity contribution in [1.29, 1.82) is 0 Å². The molecule has 4 rings (SSSR count). The summed E-state index contributed by atoms with van der Waals surface area (Å²) < 4.78 is 7.46. The Kier molecular flexibility index (Phi) is 4.56. The molecule has 0 unspecified atom stereocenters. The van der Waals surface area contributed by atoms with Gasteiger partial charge in [0.15, 0.2) is 0 Å². The standard InChI is InChI=1S/C20H17N5O/c1-3-9-17(10-4-1)21-15-16-8-7-13-19(14-16)26-20-22-23-24-25(20)18-11-5-2-6-12-18/h1-14,21H,15H2. The van der Waals surface area contributed by atoms with Crippen LogP contribution in [0.4, 0.5) is 5.69 Å². The van der Waals surface area contributed by atoms with E-state index in [1.807, 2.05) is 84.9 Å². The van der Waals surface area contributed by atoms with E-state index in [-0.39, 0.29) is 0 Å². The van der Waals surface area contributed by atoms with Crippen LogP contribution >= 0.6 is 0 Å². The molecule has 6 nitrogen and oxygen atoms in total. The lowest BCUT2D eigenvalue weighted by atomic mass is 10.2. The monoisotopic (exact) mass is 343 g/mol. The number of rotatable bonds is 6. The highest BCUT2D eigenvalue weighted by Crippen LogP contribution is 2.22. The molecule has 3 aromatic carbocycles. The van der Waals surface area contributed by atoms with Gasteiger partial charge in [-0.15, -0.1) is 0 Å². The van der Waals surface area contributed by atoms with Gasteiger partial charge in [-0.3, -0.25) is 0 Å². The maximum Gasteiger partial charge on any atom is 0.345 e. The van der Waals surface area contributed by atoms with E-state index in [9.17, 15) is 0 Å². The average Bonchev–Trinajstić information content (AvgIpc) is 3.16. The molecule has 0 saturated heterocycles. The summed E-state index contributed by atoms with van der Waals surface area (Å²) in [6.45, 7) is 0.699. The second kappa shape index (κ2) is 7.48. The first-order chi connectivity index (χ1) is 12.9. The van der Waals surface area contributed by atoms with Gasteiger partial charge in [-0.25, -0.2) is 0 Å². The van der Waals surface area contributed by atoms with Crippen molar-refractivity contribution in [2.45, 2.75) is 6.54 Å². The molecule has 0 fully saturated rings. The predicted octanol–water partition coefficient (Wildman–Crippen LogP) is 4.07. The fraction of sp³-hybridized carbons (Fsp3) is 0.0500. The summed E-state index contributed by atoms with van der Waals surface area (Å²) in [5.41, 5.74) is 3.02. The van der Waals surface area contributed by atoms with Crippen molar-refractivity contribution in [3.63, 3.8) is 0 Å². The highest BCUT2D eigenvalue weighted by Gasteiger charge is 2.10. The fourth-order valence-corrected chi connectivity index (χ4v) is 2.56. The summed E-state index contributed by atoms with van der Waals surface area (Å²) in [5.74, 6) is 0.685. The topological polar surface area (TPSA) is 64.9 Å². The highest BCUT2D eigenvalue weighted by atomic mass is 16.5. The van der Waals surface area contributed by atoms with Crippen LogP contribution in [-0.2, 0) is 6.54 Å². The number of benzene rings is 3. The number of ether oxygens (including phenoxy) is 1. The molecular weight excluding hydrogens is 326 g/mol. The van der Waals surface area contributed by atoms with Gasteiger partial charge < -0.3 is 10.1 Å². The molecule has 1 aromatic heterocycles. The van der Waals surface area contributed by atoms with Crippen molar-refractivity contribution < 1.29 is 4.74 Å². The molecule has 0 amide bonds. The average molecular weight is 343 g/mol. The SMILES string of the molecule is c1ccc(NCc2cccc(Oc3nnnn3-c3ccccc3)c2)cc1. The molecule has 0 aliphatic heterocycles. The third kappa shape index (κ3) is 3.70. The molecule has 26 heavy (non-hydrogen) atoms. The van der Waals surface area contributed by atoms with Crippen LogP contribution in [0.1, 0.15) is 5.56 Å². The summed E-state index contributed by atoms with van der Waals surface area (Å²) in [5, 5.41) is 15.1. The van der Waals surface area contributed by atoms with Crippen molar-refractivity contribution in [3.8, 4) is 17.4 Å². The van der Waals surface area contributed by atoms with Crippen molar-refractivity contribution >= 4 is 5.69 Å². The first-order valence-corrected chi connectivity index (χ1v) is 8.28. The third-order valence-electron chi connectivity index (χ3n) is 3.82. The fourth-order valence-electron chi connectivity index (χ4n) is 2.56. The van der Waals surface area contributed by atoms with E-state index in [0.29, 0.717) is 18.3 Å². The Morgan fingerprint density at radius 1 is 0.846 bits per heavy atom. The Morgan fingerprint density at radius 3 is 2.42 bits per heavy atom. The normalized spacial score (nSPS) is 10.5. The quantitative estimate of drug-likeness (QED) is 0.572. The number of para-hydroxylation sites is 2. The Labute approximate surface area is 151 Å². The minimum absolute atomic E-state index is 0.323. The van der Waals surface area contributed by atoms with Gasteiger partial charge >= 0.3 is 6.01 Å². The zero-order chi connectivity index (χ0) is 17.6. The number of nitrogens with zero attached hydrogens (tertiary/aromatic N) is 4. The lowest BCUT2D eigenvalue weighted by molar-refractivity contribution is 0.427. The molecular formula is C20H17N5O. The number of hydrogen-bond donors (Lipinski definition) is 1. The molecule has 6 heteroatoms. The van der Waals surface area contributed by atoms with Crippen molar-refractivity contribution in [3.05, 3.63) is 90.5 Å². The summed E-state index contributed by atoms with van der Waals surface area (Å²) in [6.07, 6.45) is 0. The van der Waals surface area contributed by atoms with Crippen LogP contribution in [0.3, 0.4) is 0 Å². The van der Waals surface area contributed by atoms with Crippen molar-refractivity contribution in [1.82, 2.24) is 20.2 Å². The van der Waals surface area contributed by atoms with Crippen molar-refractivity contribution in [2.24, 2.45) is 0 Å². The van der Waals surface area contributed by atoms with Crippen LogP contribution in [0.25, 0.3) is 5.69 Å². The largest absolute Gasteiger partial charge is 0.423 e. The first kappa shape index (κ1) is 15.8. The van der Waals surface area contributed by atoms with Gasteiger partial charge in [-0.2, -0.15) is 4.68 Å². The minimum Gasteiger partial charge on any atom is -0.423 e. The predicted molar refractivity (Wildman–Crippen MR) is 99.4 cm³/mol. The van der Waals surface area contributed by atoms with Gasteiger partial charge in [-0.05, 0) is 52.4 Å². The summed E-state index contributed by atoms with van der Waals surface area (Å²) in [6, 6.07) is 27.9. The molecule has 0 atom stereocenters. The van der Waals surface area contributed by atoms with Crippen molar-refractivity contribution in [2.75, 3.05) is 5.32 Å². The van der Waals surface area contributed by atoms with Crippen LogP contribution in [-0.4, -0.2) is 20.2 Å². The van der Waals surface area contributed by atoms with Crippen LogP contribution in [0.2, 0.25) is 0 Å². The maximum absolute atomic E-state index is 5.90. The highest BCUT2D eigenvalue weighted by molar-refractivity contribution is 5.44. The lowest BCUT2D eigenvalue weighted by Crippen LogP contribution is -2.01. The molecule has 0 aliphatic carbocycles. The van der Waals surface area contributed by atoms with Gasteiger partial charge in [0.1, 0.15) is 5.75 Å². The van der Waals surface area contributed by atoms with E-state index < -0.39 is 0 Å². The second-order valence-corrected chi connectivity index (χ2v) is 5.68. The number of tetrazole rings is 1. The van der Waals surface area contributed by atoms with Crippen LogP contribution < -0.4 is 10.1 Å². The summed E-state index contributed by atoms with van der Waals surface area (Å²) in [7, 11) is 0. The van der Waals surface area contributed by atoms with Crippen LogP contribution in [0, 0.1) is 0 Å². The van der Waals surface area contributed by atoms with Gasteiger partial charge in [0.05, 0.1) is 5.69 Å². The maximum atomic E-state index is 5.90. The number of hydrogen-bond acceptors (Lipinski definition) is 5. The molecule has 4 aromatic rings. The van der Waals surface area contributed by atoms with E-state index in [1.165, 1.54) is 0 Å². The molecule has 1 heterocycles. The smallest absolute Gasteiger partial charge is 0.345 e. The van der Waals surface area contributed by atoms with Gasteiger partial charge in [0.25, 0.3) is 0 Å². The molecule has 1 N–H and O–H groups in total. The lowest BCUT2D eigenvalue weighted by Gasteiger charge is -2.09. The van der Waals surface area contributed by atoms with E-state index in [4.69, 9.17) is 4.74 Å². The van der Waals surface area contributed by atoms with Crippen LogP contribution in [0.5, 0.6) is 11.8 Å². The Balaban J connectivity index is 1.49. The summed E-state index contributed by atoms with van der Waals surface area (Å²) >= 11 is 0.